The van der Waals surface area contributed by atoms with Gasteiger partial charge in [-0.2, -0.15) is 9.69 Å². The maximum Gasteiger partial charge on any atom is 0.486 e. The average molecular weight is 195 g/mol. The number of rotatable bonds is 2. The van der Waals surface area contributed by atoms with Crippen LogP contribution in [0.5, 0.6) is 0 Å². The molecule has 1 rings (SSSR count). The van der Waals surface area contributed by atoms with Crippen LogP contribution in [0.25, 0.3) is 0 Å². The van der Waals surface area contributed by atoms with Crippen molar-refractivity contribution in [3.05, 3.63) is 0 Å². The standard InChI is InChI=1S/C6H14NO4P/c1-6-2-4-7(5-3-6)11-12(8,9)10/h6H,2-5H2,1H3,(H2,8,9,10). The van der Waals surface area contributed by atoms with Gasteiger partial charge in [-0.3, -0.25) is 0 Å². The molecule has 1 saturated heterocycles. The Hall–Kier alpha value is 0.0700. The summed E-state index contributed by atoms with van der Waals surface area (Å²) in [6, 6.07) is 0. The fourth-order valence-corrected chi connectivity index (χ4v) is 1.68. The van der Waals surface area contributed by atoms with Gasteiger partial charge in [-0.1, -0.05) is 6.92 Å². The third-order valence-electron chi connectivity index (χ3n) is 1.96. The number of hydrogen-bond acceptors (Lipinski definition) is 3. The van der Waals surface area contributed by atoms with E-state index in [0.717, 1.165) is 12.8 Å². The normalized spacial score (nSPS) is 22.9. The van der Waals surface area contributed by atoms with Crippen LogP contribution in [-0.4, -0.2) is 27.9 Å². The third kappa shape index (κ3) is 3.65. The molecule has 0 atom stereocenters. The lowest BCUT2D eigenvalue weighted by Gasteiger charge is -2.28. The van der Waals surface area contributed by atoms with Gasteiger partial charge in [-0.05, 0) is 18.8 Å². The number of hydroxylamine groups is 2. The van der Waals surface area contributed by atoms with Crippen molar-refractivity contribution < 1.29 is 19.0 Å². The van der Waals surface area contributed by atoms with Gasteiger partial charge in [0.15, 0.2) is 0 Å². The molecular weight excluding hydrogens is 181 g/mol. The summed E-state index contributed by atoms with van der Waals surface area (Å²) in [7, 11) is -4.33. The molecule has 0 amide bonds. The first-order valence-electron chi connectivity index (χ1n) is 3.97. The quantitative estimate of drug-likeness (QED) is 0.636. The molecule has 0 unspecified atom stereocenters. The van der Waals surface area contributed by atoms with Gasteiger partial charge in [-0.25, -0.2) is 4.57 Å². The van der Waals surface area contributed by atoms with E-state index in [9.17, 15) is 4.57 Å². The van der Waals surface area contributed by atoms with Gasteiger partial charge in [0.05, 0.1) is 0 Å². The van der Waals surface area contributed by atoms with Crippen LogP contribution in [0.1, 0.15) is 19.8 Å². The van der Waals surface area contributed by atoms with E-state index in [4.69, 9.17) is 9.79 Å². The molecule has 1 heterocycles. The Morgan fingerprint density at radius 1 is 1.42 bits per heavy atom. The van der Waals surface area contributed by atoms with Crippen LogP contribution < -0.4 is 0 Å². The highest BCUT2D eigenvalue weighted by Gasteiger charge is 2.23. The molecule has 1 aliphatic heterocycles. The molecule has 0 radical (unpaired) electrons. The summed E-state index contributed by atoms with van der Waals surface area (Å²) in [6.07, 6.45) is 1.86. The van der Waals surface area contributed by atoms with E-state index in [0.29, 0.717) is 19.0 Å². The smallest absolute Gasteiger partial charge is 0.302 e. The van der Waals surface area contributed by atoms with Gasteiger partial charge in [0.2, 0.25) is 0 Å². The number of piperidine rings is 1. The van der Waals surface area contributed by atoms with E-state index in [1.807, 2.05) is 0 Å². The lowest BCUT2D eigenvalue weighted by Crippen LogP contribution is -2.32. The Morgan fingerprint density at radius 2 is 1.92 bits per heavy atom. The van der Waals surface area contributed by atoms with Crippen molar-refractivity contribution in [3.8, 4) is 0 Å². The van der Waals surface area contributed by atoms with Gasteiger partial charge in [0.1, 0.15) is 0 Å². The molecule has 1 aliphatic rings. The lowest BCUT2D eigenvalue weighted by molar-refractivity contribution is -0.0997. The molecule has 0 spiro atoms. The SMILES string of the molecule is CC1CCN(OP(=O)(O)O)CC1. The van der Waals surface area contributed by atoms with Crippen molar-refractivity contribution in [1.29, 1.82) is 0 Å². The molecule has 0 saturated carbocycles. The van der Waals surface area contributed by atoms with Crippen LogP contribution in [0.4, 0.5) is 0 Å². The van der Waals surface area contributed by atoms with Gasteiger partial charge in [0.25, 0.3) is 0 Å². The summed E-state index contributed by atoms with van der Waals surface area (Å²) >= 11 is 0. The minimum absolute atomic E-state index is 0.603. The first kappa shape index (κ1) is 10.2. The molecule has 0 aromatic rings. The van der Waals surface area contributed by atoms with E-state index >= 15 is 0 Å². The monoisotopic (exact) mass is 195 g/mol. The molecule has 0 aromatic heterocycles. The fraction of sp³-hybridized carbons (Fsp3) is 1.00. The van der Waals surface area contributed by atoms with Crippen LogP contribution in [0.15, 0.2) is 0 Å². The predicted molar refractivity (Wildman–Crippen MR) is 43.1 cm³/mol. The highest BCUT2D eigenvalue weighted by molar-refractivity contribution is 7.46. The van der Waals surface area contributed by atoms with Crippen molar-refractivity contribution >= 4 is 7.82 Å². The van der Waals surface area contributed by atoms with Crippen molar-refractivity contribution in [2.24, 2.45) is 5.92 Å². The third-order valence-corrected chi connectivity index (χ3v) is 2.41. The first-order chi connectivity index (χ1) is 5.47. The van der Waals surface area contributed by atoms with E-state index in [1.54, 1.807) is 0 Å². The average Bonchev–Trinajstić information content (AvgIpc) is 1.91. The molecule has 6 heteroatoms. The predicted octanol–water partition coefficient (Wildman–Crippen LogP) is 0.743. The van der Waals surface area contributed by atoms with E-state index in [2.05, 4.69) is 11.5 Å². The second-order valence-corrected chi connectivity index (χ2v) is 4.33. The van der Waals surface area contributed by atoms with Crippen LogP contribution >= 0.6 is 7.82 Å². The van der Waals surface area contributed by atoms with Crippen molar-refractivity contribution in [2.45, 2.75) is 19.8 Å². The summed E-state index contributed by atoms with van der Waals surface area (Å²) in [5.41, 5.74) is 0. The number of phosphoric acid groups is 1. The Kier molecular flexibility index (Phi) is 3.26. The molecule has 12 heavy (non-hydrogen) atoms. The van der Waals surface area contributed by atoms with Gasteiger partial charge >= 0.3 is 7.82 Å². The van der Waals surface area contributed by atoms with Crippen LogP contribution in [-0.2, 0) is 9.19 Å². The van der Waals surface area contributed by atoms with E-state index in [1.165, 1.54) is 5.06 Å². The highest BCUT2D eigenvalue weighted by Crippen LogP contribution is 2.38. The van der Waals surface area contributed by atoms with Crippen molar-refractivity contribution in [1.82, 2.24) is 5.06 Å². The molecular formula is C6H14NO4P. The maximum absolute atomic E-state index is 10.4. The summed E-state index contributed by atoms with van der Waals surface area (Å²) in [6.45, 7) is 3.33. The number of hydrogen-bond donors (Lipinski definition) is 2. The topological polar surface area (TPSA) is 70.0 Å². The van der Waals surface area contributed by atoms with E-state index in [-0.39, 0.29) is 0 Å². The zero-order chi connectivity index (χ0) is 9.19. The zero-order valence-electron chi connectivity index (χ0n) is 7.01. The first-order valence-corrected chi connectivity index (χ1v) is 5.50. The maximum atomic E-state index is 10.4. The minimum Gasteiger partial charge on any atom is -0.302 e. The Labute approximate surface area is 71.5 Å². The van der Waals surface area contributed by atoms with Gasteiger partial charge in [0, 0.05) is 13.1 Å². The van der Waals surface area contributed by atoms with E-state index < -0.39 is 7.82 Å². The van der Waals surface area contributed by atoms with Crippen molar-refractivity contribution in [3.63, 3.8) is 0 Å². The molecule has 0 bridgehead atoms. The second-order valence-electron chi connectivity index (χ2n) is 3.18. The molecule has 1 fully saturated rings. The van der Waals surface area contributed by atoms with Crippen molar-refractivity contribution in [2.75, 3.05) is 13.1 Å². The molecule has 2 N–H and O–H groups in total. The molecule has 72 valence electrons. The Bertz CT molecular complexity index is 184. The van der Waals surface area contributed by atoms with Crippen LogP contribution in [0, 0.1) is 5.92 Å². The zero-order valence-corrected chi connectivity index (χ0v) is 7.91. The number of nitrogens with zero attached hydrogens (tertiary/aromatic N) is 1. The largest absolute Gasteiger partial charge is 0.486 e. The van der Waals surface area contributed by atoms with Crippen LogP contribution in [0.3, 0.4) is 0 Å². The summed E-state index contributed by atoms with van der Waals surface area (Å²) in [5, 5.41) is 1.35. The van der Waals surface area contributed by atoms with Gasteiger partial charge in [-0.15, -0.1) is 0 Å². The second kappa shape index (κ2) is 3.85. The van der Waals surface area contributed by atoms with Crippen LogP contribution in [0.2, 0.25) is 0 Å². The minimum atomic E-state index is -4.33. The molecule has 0 aromatic carbocycles. The highest BCUT2D eigenvalue weighted by atomic mass is 31.2. The lowest BCUT2D eigenvalue weighted by atomic mass is 10.0. The van der Waals surface area contributed by atoms with Gasteiger partial charge < -0.3 is 9.79 Å². The summed E-state index contributed by atoms with van der Waals surface area (Å²) in [4.78, 5) is 17.0. The molecule has 0 aliphatic carbocycles. The fourth-order valence-electron chi connectivity index (χ4n) is 1.22. The summed E-state index contributed by atoms with van der Waals surface area (Å²) < 4.78 is 14.8. The molecule has 5 nitrogen and oxygen atoms in total. The Balaban J connectivity index is 2.31. The summed E-state index contributed by atoms with van der Waals surface area (Å²) in [5.74, 6) is 0.627. The Morgan fingerprint density at radius 3 is 2.33 bits per heavy atom.